The third-order valence-electron chi connectivity index (χ3n) is 5.82. The van der Waals surface area contributed by atoms with Gasteiger partial charge >= 0.3 is 0 Å². The van der Waals surface area contributed by atoms with Crippen molar-refractivity contribution in [1.29, 1.82) is 0 Å². The molecule has 0 bridgehead atoms. The van der Waals surface area contributed by atoms with E-state index in [0.717, 1.165) is 16.7 Å². The van der Waals surface area contributed by atoms with E-state index in [4.69, 9.17) is 4.42 Å². The molecule has 0 saturated carbocycles. The van der Waals surface area contributed by atoms with E-state index in [2.05, 4.69) is 24.5 Å². The number of anilines is 1. The van der Waals surface area contributed by atoms with Gasteiger partial charge in [-0.05, 0) is 87.1 Å². The summed E-state index contributed by atoms with van der Waals surface area (Å²) in [7, 11) is 0. The Bertz CT molecular complexity index is 1220. The number of carbonyl (C=O) groups is 3. The monoisotopic (exact) mass is 503 g/mol. The van der Waals surface area contributed by atoms with Crippen molar-refractivity contribution in [3.05, 3.63) is 88.9 Å². The van der Waals surface area contributed by atoms with Crippen LogP contribution < -0.4 is 15.5 Å². The predicted octanol–water partition coefficient (Wildman–Crippen LogP) is 5.44. The van der Waals surface area contributed by atoms with E-state index in [1.165, 1.54) is 17.2 Å². The highest BCUT2D eigenvalue weighted by atomic mass is 16.3. The second kappa shape index (κ2) is 11.5. The van der Waals surface area contributed by atoms with Crippen LogP contribution in [0.1, 0.15) is 79.4 Å². The minimum Gasteiger partial charge on any atom is -0.459 e. The van der Waals surface area contributed by atoms with Gasteiger partial charge in [0.25, 0.3) is 5.91 Å². The summed E-state index contributed by atoms with van der Waals surface area (Å²) in [6.07, 6.45) is 1.40. The van der Waals surface area contributed by atoms with E-state index in [9.17, 15) is 14.4 Å². The predicted molar refractivity (Wildman–Crippen MR) is 146 cm³/mol. The Morgan fingerprint density at radius 2 is 1.51 bits per heavy atom. The van der Waals surface area contributed by atoms with E-state index in [1.807, 2.05) is 77.1 Å². The van der Waals surface area contributed by atoms with Crippen LogP contribution in [0.2, 0.25) is 0 Å². The summed E-state index contributed by atoms with van der Waals surface area (Å²) in [6.45, 7) is 13.5. The normalized spacial score (nSPS) is 12.2. The first kappa shape index (κ1) is 27.7. The molecule has 7 nitrogen and oxygen atoms in total. The number of nitrogens with one attached hydrogen (secondary N) is 2. The van der Waals surface area contributed by atoms with Crippen molar-refractivity contribution in [3.8, 4) is 0 Å². The first-order valence-electron chi connectivity index (χ1n) is 12.5. The molecule has 196 valence electrons. The summed E-state index contributed by atoms with van der Waals surface area (Å²) >= 11 is 0. The van der Waals surface area contributed by atoms with Gasteiger partial charge in [-0.1, -0.05) is 44.2 Å². The van der Waals surface area contributed by atoms with Crippen molar-refractivity contribution < 1.29 is 18.8 Å². The Labute approximate surface area is 219 Å². The van der Waals surface area contributed by atoms with E-state index >= 15 is 0 Å². The highest BCUT2D eigenvalue weighted by Crippen LogP contribution is 2.31. The molecule has 1 unspecified atom stereocenters. The van der Waals surface area contributed by atoms with Crippen LogP contribution in [0.15, 0.2) is 65.3 Å². The average molecular weight is 504 g/mol. The summed E-state index contributed by atoms with van der Waals surface area (Å²) < 4.78 is 5.14. The van der Waals surface area contributed by atoms with Gasteiger partial charge in [-0.3, -0.25) is 19.3 Å². The van der Waals surface area contributed by atoms with Crippen LogP contribution in [-0.2, 0) is 9.59 Å². The van der Waals surface area contributed by atoms with Crippen LogP contribution in [0.5, 0.6) is 0 Å². The van der Waals surface area contributed by atoms with Gasteiger partial charge in [0.1, 0.15) is 6.04 Å². The summed E-state index contributed by atoms with van der Waals surface area (Å²) in [4.78, 5) is 41.6. The molecule has 0 aliphatic heterocycles. The molecule has 1 atom stereocenters. The van der Waals surface area contributed by atoms with Gasteiger partial charge < -0.3 is 15.1 Å². The Hall–Kier alpha value is -3.87. The van der Waals surface area contributed by atoms with Crippen molar-refractivity contribution in [2.75, 3.05) is 11.4 Å². The molecule has 0 fully saturated rings. The van der Waals surface area contributed by atoms with Gasteiger partial charge in [-0.2, -0.15) is 0 Å². The zero-order valence-corrected chi connectivity index (χ0v) is 22.7. The average Bonchev–Trinajstić information content (AvgIpc) is 3.34. The van der Waals surface area contributed by atoms with Crippen LogP contribution in [0.4, 0.5) is 5.69 Å². The molecule has 1 heterocycles. The van der Waals surface area contributed by atoms with Gasteiger partial charge in [0.2, 0.25) is 11.8 Å². The molecule has 2 aromatic carbocycles. The smallest absolute Gasteiger partial charge is 0.287 e. The minimum atomic E-state index is -0.949. The lowest BCUT2D eigenvalue weighted by atomic mass is 9.96. The van der Waals surface area contributed by atoms with Crippen molar-refractivity contribution >= 4 is 23.4 Å². The van der Waals surface area contributed by atoms with Crippen LogP contribution in [-0.4, -0.2) is 29.8 Å². The first-order chi connectivity index (χ1) is 17.4. The van der Waals surface area contributed by atoms with Gasteiger partial charge in [0, 0.05) is 11.2 Å². The van der Waals surface area contributed by atoms with Crippen LogP contribution in [0.3, 0.4) is 0 Å². The summed E-state index contributed by atoms with van der Waals surface area (Å²) in [5.74, 6) is -0.806. The molecule has 3 rings (SSSR count). The lowest BCUT2D eigenvalue weighted by Crippen LogP contribution is -2.51. The first-order valence-corrected chi connectivity index (χ1v) is 12.5. The van der Waals surface area contributed by atoms with Crippen molar-refractivity contribution in [2.45, 2.75) is 66.0 Å². The van der Waals surface area contributed by atoms with Crippen molar-refractivity contribution in [2.24, 2.45) is 0 Å². The third-order valence-corrected chi connectivity index (χ3v) is 5.82. The largest absolute Gasteiger partial charge is 0.459 e. The molecule has 1 aromatic heterocycles. The molecule has 3 aromatic rings. The number of carbonyl (C=O) groups excluding carboxylic acids is 3. The quantitative estimate of drug-likeness (QED) is 0.428. The lowest BCUT2D eigenvalue weighted by Gasteiger charge is -2.34. The van der Waals surface area contributed by atoms with E-state index in [-0.39, 0.29) is 18.2 Å². The number of rotatable bonds is 8. The van der Waals surface area contributed by atoms with E-state index < -0.39 is 23.4 Å². The Morgan fingerprint density at radius 1 is 0.919 bits per heavy atom. The molecule has 0 spiro atoms. The van der Waals surface area contributed by atoms with Gasteiger partial charge in [-0.15, -0.1) is 0 Å². The van der Waals surface area contributed by atoms with Crippen LogP contribution >= 0.6 is 0 Å². The topological polar surface area (TPSA) is 91.7 Å². The number of hydrogen-bond acceptors (Lipinski definition) is 4. The molecule has 3 amide bonds. The highest BCUT2D eigenvalue weighted by molar-refractivity contribution is 6.04. The maximum Gasteiger partial charge on any atom is 0.287 e. The van der Waals surface area contributed by atoms with Gasteiger partial charge in [0.15, 0.2) is 5.76 Å². The van der Waals surface area contributed by atoms with Gasteiger partial charge in [-0.25, -0.2) is 0 Å². The molecule has 0 radical (unpaired) electrons. The molecule has 7 heteroatoms. The molecule has 0 aliphatic carbocycles. The highest BCUT2D eigenvalue weighted by Gasteiger charge is 2.35. The molecule has 2 N–H and O–H groups in total. The fourth-order valence-electron chi connectivity index (χ4n) is 4.18. The Kier molecular flexibility index (Phi) is 8.58. The second-order valence-electron chi connectivity index (χ2n) is 10.7. The fourth-order valence-corrected chi connectivity index (χ4v) is 4.18. The zero-order chi connectivity index (χ0) is 27.3. The molecule has 0 saturated heterocycles. The molecular formula is C30H37N3O4. The Morgan fingerprint density at radius 3 is 2.03 bits per heavy atom. The summed E-state index contributed by atoms with van der Waals surface area (Å²) in [5, 5.41) is 5.67. The summed E-state index contributed by atoms with van der Waals surface area (Å²) in [6, 6.07) is 15.7. The number of benzene rings is 2. The molecule has 37 heavy (non-hydrogen) atoms. The minimum absolute atomic E-state index is 0.108. The van der Waals surface area contributed by atoms with Crippen molar-refractivity contribution in [3.63, 3.8) is 0 Å². The maximum atomic E-state index is 13.8. The fraction of sp³-hybridized carbons (Fsp3) is 0.367. The van der Waals surface area contributed by atoms with E-state index in [0.29, 0.717) is 17.2 Å². The van der Waals surface area contributed by atoms with E-state index in [1.54, 1.807) is 6.07 Å². The van der Waals surface area contributed by atoms with Crippen LogP contribution in [0, 0.1) is 13.8 Å². The van der Waals surface area contributed by atoms with Crippen molar-refractivity contribution in [1.82, 2.24) is 10.6 Å². The maximum absolute atomic E-state index is 13.8. The number of hydrogen-bond donors (Lipinski definition) is 2. The van der Waals surface area contributed by atoms with Gasteiger partial charge in [0.05, 0.1) is 12.8 Å². The van der Waals surface area contributed by atoms with Crippen LogP contribution in [0.25, 0.3) is 0 Å². The second-order valence-corrected chi connectivity index (χ2v) is 10.7. The standard InChI is InChI=1S/C30H37N3O4/c1-19(2)22-10-12-23(13-11-22)27(29(36)32-30(5,6)7)33(24-16-20(3)15-21(4)17-24)26(34)18-31-28(35)25-9-8-14-37-25/h8-17,19,27H,18H2,1-7H3,(H,31,35)(H,32,36). The lowest BCUT2D eigenvalue weighted by molar-refractivity contribution is -0.127. The number of amides is 3. The third kappa shape index (κ3) is 7.32. The number of furan rings is 1. The number of aryl methyl sites for hydroxylation is 2. The Balaban J connectivity index is 2.08. The molecule has 0 aliphatic rings. The number of nitrogens with zero attached hydrogens (tertiary/aromatic N) is 1. The SMILES string of the molecule is Cc1cc(C)cc(N(C(=O)CNC(=O)c2ccco2)C(C(=O)NC(C)(C)C)c2ccc(C(C)C)cc2)c1. The summed E-state index contributed by atoms with van der Waals surface area (Å²) in [5.41, 5.74) is 3.79. The zero-order valence-electron chi connectivity index (χ0n) is 22.7. The molecular weight excluding hydrogens is 466 g/mol.